The lowest BCUT2D eigenvalue weighted by molar-refractivity contribution is -0.140. The molecular weight excluding hydrogens is 192 g/mol. The summed E-state index contributed by atoms with van der Waals surface area (Å²) < 4.78 is 1.70. The van der Waals surface area contributed by atoms with Crippen LogP contribution in [0.3, 0.4) is 0 Å². The van der Waals surface area contributed by atoms with Crippen molar-refractivity contribution in [3.8, 4) is 0 Å². The molecule has 0 aliphatic heterocycles. The van der Waals surface area contributed by atoms with Crippen molar-refractivity contribution in [2.75, 3.05) is 5.73 Å². The Morgan fingerprint density at radius 1 is 1.47 bits per heavy atom. The number of nitrogens with two attached hydrogens (primary N) is 1. The number of aromatic nitrogens is 1. The maximum absolute atomic E-state index is 10.9. The van der Waals surface area contributed by atoms with Crippen molar-refractivity contribution < 1.29 is 9.90 Å². The van der Waals surface area contributed by atoms with Gasteiger partial charge in [-0.1, -0.05) is 6.07 Å². The Bertz CT molecular complexity index is 516. The normalized spacial score (nSPS) is 12.9. The van der Waals surface area contributed by atoms with Gasteiger partial charge in [0.05, 0.1) is 5.52 Å². The van der Waals surface area contributed by atoms with Gasteiger partial charge < -0.3 is 15.4 Å². The lowest BCUT2D eigenvalue weighted by atomic mass is 10.2. The van der Waals surface area contributed by atoms with Crippen LogP contribution < -0.4 is 5.73 Å². The molecule has 2 aromatic rings. The van der Waals surface area contributed by atoms with E-state index in [-0.39, 0.29) is 0 Å². The van der Waals surface area contributed by atoms with Gasteiger partial charge in [0.1, 0.15) is 6.04 Å². The summed E-state index contributed by atoms with van der Waals surface area (Å²) in [4.78, 5) is 10.9. The molecule has 4 nitrogen and oxygen atoms in total. The second kappa shape index (κ2) is 3.31. The van der Waals surface area contributed by atoms with Crippen LogP contribution in [0.15, 0.2) is 30.5 Å². The third-order valence-corrected chi connectivity index (χ3v) is 2.52. The number of nitrogen functional groups attached to an aromatic ring is 1. The monoisotopic (exact) mass is 204 g/mol. The van der Waals surface area contributed by atoms with Crippen molar-refractivity contribution in [2.45, 2.75) is 13.0 Å². The summed E-state index contributed by atoms with van der Waals surface area (Å²) in [5.41, 5.74) is 7.16. The molecule has 0 saturated carbocycles. The number of fused-ring (bicyclic) bond motifs is 1. The Hall–Kier alpha value is -1.97. The second-order valence-electron chi connectivity index (χ2n) is 3.56. The van der Waals surface area contributed by atoms with Gasteiger partial charge in [-0.15, -0.1) is 0 Å². The predicted molar refractivity (Wildman–Crippen MR) is 58.7 cm³/mol. The molecule has 0 saturated heterocycles. The zero-order valence-electron chi connectivity index (χ0n) is 8.34. The van der Waals surface area contributed by atoms with Gasteiger partial charge in [0.25, 0.3) is 0 Å². The van der Waals surface area contributed by atoms with Crippen LogP contribution in [0.1, 0.15) is 13.0 Å². The van der Waals surface area contributed by atoms with Crippen LogP contribution in [0.4, 0.5) is 5.69 Å². The quantitative estimate of drug-likeness (QED) is 0.734. The van der Waals surface area contributed by atoms with Gasteiger partial charge in [-0.25, -0.2) is 4.79 Å². The predicted octanol–water partition coefficient (Wildman–Crippen LogP) is 1.87. The molecule has 0 aliphatic rings. The molecule has 0 fully saturated rings. The first-order valence-corrected chi connectivity index (χ1v) is 4.68. The van der Waals surface area contributed by atoms with E-state index >= 15 is 0 Å². The Morgan fingerprint density at radius 2 is 2.20 bits per heavy atom. The Balaban J connectivity index is 2.61. The van der Waals surface area contributed by atoms with Crippen LogP contribution in [0, 0.1) is 0 Å². The minimum absolute atomic E-state index is 0.579. The summed E-state index contributed by atoms with van der Waals surface area (Å²) >= 11 is 0. The topological polar surface area (TPSA) is 68.2 Å². The fraction of sp³-hybridized carbons (Fsp3) is 0.182. The fourth-order valence-electron chi connectivity index (χ4n) is 1.62. The maximum Gasteiger partial charge on any atom is 0.326 e. The Morgan fingerprint density at radius 3 is 2.87 bits per heavy atom. The van der Waals surface area contributed by atoms with Crippen LogP contribution >= 0.6 is 0 Å². The van der Waals surface area contributed by atoms with Crippen LogP contribution in [-0.4, -0.2) is 15.6 Å². The molecule has 1 unspecified atom stereocenters. The molecule has 0 radical (unpaired) electrons. The van der Waals surface area contributed by atoms with Crippen molar-refractivity contribution in [1.29, 1.82) is 0 Å². The van der Waals surface area contributed by atoms with Crippen LogP contribution in [0.2, 0.25) is 0 Å². The van der Waals surface area contributed by atoms with Gasteiger partial charge in [-0.3, -0.25) is 0 Å². The molecule has 3 N–H and O–H groups in total. The van der Waals surface area contributed by atoms with Gasteiger partial charge in [-0.2, -0.15) is 0 Å². The molecule has 1 atom stereocenters. The number of nitrogens with zero attached hydrogens (tertiary/aromatic N) is 1. The summed E-state index contributed by atoms with van der Waals surface area (Å²) in [5, 5.41) is 9.93. The summed E-state index contributed by atoms with van der Waals surface area (Å²) in [6.45, 7) is 1.64. The highest BCUT2D eigenvalue weighted by Gasteiger charge is 2.14. The van der Waals surface area contributed by atoms with E-state index in [1.807, 2.05) is 12.1 Å². The highest BCUT2D eigenvalue weighted by atomic mass is 16.4. The number of hydrogen-bond donors (Lipinski definition) is 2. The number of hydrogen-bond acceptors (Lipinski definition) is 2. The van der Waals surface area contributed by atoms with E-state index in [1.54, 1.807) is 29.8 Å². The van der Waals surface area contributed by atoms with E-state index in [0.717, 1.165) is 10.9 Å². The molecule has 0 bridgehead atoms. The molecular formula is C11H12N2O2. The summed E-state index contributed by atoms with van der Waals surface area (Å²) in [5.74, 6) is -0.852. The zero-order valence-corrected chi connectivity index (χ0v) is 8.34. The number of carbonyl (C=O) groups is 1. The first-order chi connectivity index (χ1) is 7.09. The van der Waals surface area contributed by atoms with Gasteiger partial charge in [0, 0.05) is 11.9 Å². The van der Waals surface area contributed by atoms with E-state index in [1.165, 1.54) is 0 Å². The van der Waals surface area contributed by atoms with E-state index in [9.17, 15) is 4.79 Å². The Kier molecular flexibility index (Phi) is 2.11. The summed E-state index contributed by atoms with van der Waals surface area (Å²) in [6.07, 6.45) is 1.77. The smallest absolute Gasteiger partial charge is 0.326 e. The fourth-order valence-corrected chi connectivity index (χ4v) is 1.62. The molecule has 4 heteroatoms. The highest BCUT2D eigenvalue weighted by molar-refractivity contribution is 5.85. The van der Waals surface area contributed by atoms with Gasteiger partial charge in [-0.05, 0) is 30.5 Å². The number of anilines is 1. The lowest BCUT2D eigenvalue weighted by Crippen LogP contribution is -2.14. The molecule has 0 aliphatic carbocycles. The van der Waals surface area contributed by atoms with E-state index in [0.29, 0.717) is 5.69 Å². The lowest BCUT2D eigenvalue weighted by Gasteiger charge is -2.10. The van der Waals surface area contributed by atoms with E-state index < -0.39 is 12.0 Å². The average Bonchev–Trinajstić information content (AvgIpc) is 2.59. The van der Waals surface area contributed by atoms with Crippen molar-refractivity contribution in [1.82, 2.24) is 4.57 Å². The molecule has 1 aromatic heterocycles. The van der Waals surface area contributed by atoms with Crippen molar-refractivity contribution in [3.05, 3.63) is 30.5 Å². The molecule has 2 rings (SSSR count). The molecule has 1 aromatic carbocycles. The standard InChI is InChI=1S/C11H12N2O2/c1-7(11(14)15)13-5-4-8-2-3-9(12)6-10(8)13/h2-7H,12H2,1H3,(H,14,15). The third-order valence-electron chi connectivity index (χ3n) is 2.52. The minimum Gasteiger partial charge on any atom is -0.480 e. The average molecular weight is 204 g/mol. The van der Waals surface area contributed by atoms with E-state index in [2.05, 4.69) is 0 Å². The minimum atomic E-state index is -0.852. The zero-order chi connectivity index (χ0) is 11.0. The number of aliphatic carboxylic acids is 1. The molecule has 0 amide bonds. The first kappa shape index (κ1) is 9.58. The van der Waals surface area contributed by atoms with Gasteiger partial charge in [0.2, 0.25) is 0 Å². The van der Waals surface area contributed by atoms with Crippen LogP contribution in [0.25, 0.3) is 10.9 Å². The van der Waals surface area contributed by atoms with E-state index in [4.69, 9.17) is 10.8 Å². The summed E-state index contributed by atoms with van der Waals surface area (Å²) in [6, 6.07) is 6.78. The molecule has 15 heavy (non-hydrogen) atoms. The van der Waals surface area contributed by atoms with Gasteiger partial charge in [0.15, 0.2) is 0 Å². The second-order valence-corrected chi connectivity index (χ2v) is 3.56. The SMILES string of the molecule is CC(C(=O)O)n1ccc2ccc(N)cc21. The number of carboxylic acids is 1. The molecule has 78 valence electrons. The van der Waals surface area contributed by atoms with Crippen molar-refractivity contribution >= 4 is 22.6 Å². The molecule has 1 heterocycles. The van der Waals surface area contributed by atoms with Crippen molar-refractivity contribution in [3.63, 3.8) is 0 Å². The highest BCUT2D eigenvalue weighted by Crippen LogP contribution is 2.22. The van der Waals surface area contributed by atoms with Crippen LogP contribution in [0.5, 0.6) is 0 Å². The van der Waals surface area contributed by atoms with Crippen molar-refractivity contribution in [2.24, 2.45) is 0 Å². The largest absolute Gasteiger partial charge is 0.480 e. The maximum atomic E-state index is 10.9. The van der Waals surface area contributed by atoms with Gasteiger partial charge >= 0.3 is 5.97 Å². The first-order valence-electron chi connectivity index (χ1n) is 4.68. The number of rotatable bonds is 2. The summed E-state index contributed by atoms with van der Waals surface area (Å²) in [7, 11) is 0. The molecule has 0 spiro atoms. The Labute approximate surface area is 86.9 Å². The van der Waals surface area contributed by atoms with Crippen LogP contribution in [-0.2, 0) is 4.79 Å². The number of benzene rings is 1. The third kappa shape index (κ3) is 1.54. The number of carboxylic acid groups (broad SMARTS) is 1.